The van der Waals surface area contributed by atoms with Gasteiger partial charge in [0.25, 0.3) is 0 Å². The molecule has 6 nitrogen and oxygen atoms in total. The third-order valence-corrected chi connectivity index (χ3v) is 4.73. The van der Waals surface area contributed by atoms with Crippen LogP contribution in [0.4, 0.5) is 0 Å². The van der Waals surface area contributed by atoms with E-state index in [0.717, 1.165) is 12.1 Å². The molecule has 0 unspecified atom stereocenters. The van der Waals surface area contributed by atoms with Crippen LogP contribution >= 0.6 is 0 Å². The summed E-state index contributed by atoms with van der Waals surface area (Å²) in [5, 5.41) is 0. The minimum Gasteiger partial charge on any atom is -0.379 e. The molecule has 1 aromatic rings. The Morgan fingerprint density at radius 1 is 1.29 bits per heavy atom. The van der Waals surface area contributed by atoms with Crippen LogP contribution < -0.4 is 10.5 Å². The molecule has 7 heteroatoms. The molecule has 0 heterocycles. The van der Waals surface area contributed by atoms with Crippen LogP contribution in [0.25, 0.3) is 0 Å². The third kappa shape index (κ3) is 5.72. The molecule has 0 aromatic heterocycles. The highest BCUT2D eigenvalue weighted by atomic mass is 32.2. The smallest absolute Gasteiger partial charge is 0.240 e. The fourth-order valence-corrected chi connectivity index (χ4v) is 3.15. The maximum absolute atomic E-state index is 12.2. The van der Waals surface area contributed by atoms with Gasteiger partial charge in [-0.15, -0.1) is 0 Å². The molecular formula is C14H25N3O3S. The molecule has 0 fully saturated rings. The number of rotatable bonds is 9. The van der Waals surface area contributed by atoms with E-state index in [-0.39, 0.29) is 11.4 Å². The molecule has 3 N–H and O–H groups in total. The van der Waals surface area contributed by atoms with Crippen LogP contribution in [0.5, 0.6) is 0 Å². The fraction of sp³-hybridized carbons (Fsp3) is 0.571. The van der Waals surface area contributed by atoms with Gasteiger partial charge >= 0.3 is 0 Å². The molecule has 0 aliphatic heterocycles. The van der Waals surface area contributed by atoms with Crippen molar-refractivity contribution in [2.24, 2.45) is 5.73 Å². The zero-order valence-corrected chi connectivity index (χ0v) is 13.7. The molecular weight excluding hydrogens is 290 g/mol. The Morgan fingerprint density at radius 2 is 2.00 bits per heavy atom. The topological polar surface area (TPSA) is 84.7 Å². The summed E-state index contributed by atoms with van der Waals surface area (Å²) in [5.74, 6) is 0. The predicted octanol–water partition coefficient (Wildman–Crippen LogP) is 0.310. The Kier molecular flexibility index (Phi) is 7.27. The molecule has 0 saturated heterocycles. The highest BCUT2D eigenvalue weighted by Gasteiger charge is 2.17. The lowest BCUT2D eigenvalue weighted by Crippen LogP contribution is -2.29. The van der Waals surface area contributed by atoms with Crippen molar-refractivity contribution >= 4 is 10.0 Å². The van der Waals surface area contributed by atoms with Crippen molar-refractivity contribution in [3.63, 3.8) is 0 Å². The molecule has 0 aliphatic carbocycles. The summed E-state index contributed by atoms with van der Waals surface area (Å²) in [6.45, 7) is 4.08. The first-order valence-corrected chi connectivity index (χ1v) is 8.37. The lowest BCUT2D eigenvalue weighted by molar-refractivity contribution is 0.122. The van der Waals surface area contributed by atoms with Crippen LogP contribution in [0.2, 0.25) is 0 Å². The van der Waals surface area contributed by atoms with Crippen molar-refractivity contribution in [1.82, 2.24) is 9.62 Å². The van der Waals surface area contributed by atoms with Crippen molar-refractivity contribution in [3.05, 3.63) is 29.3 Å². The van der Waals surface area contributed by atoms with E-state index in [4.69, 9.17) is 10.5 Å². The van der Waals surface area contributed by atoms with Gasteiger partial charge in [-0.3, -0.25) is 0 Å². The number of nitrogens with zero attached hydrogens (tertiary/aromatic N) is 1. The summed E-state index contributed by atoms with van der Waals surface area (Å²) in [4.78, 5) is 2.28. The average Bonchev–Trinajstić information content (AvgIpc) is 2.42. The van der Waals surface area contributed by atoms with Gasteiger partial charge in [-0.2, -0.15) is 0 Å². The number of ether oxygens (including phenoxy) is 1. The van der Waals surface area contributed by atoms with E-state index in [0.29, 0.717) is 25.3 Å². The first-order chi connectivity index (χ1) is 9.88. The van der Waals surface area contributed by atoms with E-state index in [1.807, 2.05) is 25.1 Å². The van der Waals surface area contributed by atoms with E-state index in [1.165, 1.54) is 0 Å². The number of sulfonamides is 1. The quantitative estimate of drug-likeness (QED) is 0.641. The Bertz CT molecular complexity index is 544. The molecule has 0 saturated carbocycles. The molecule has 0 atom stereocenters. The zero-order chi connectivity index (χ0) is 15.9. The number of nitrogens with one attached hydrogen (secondary N) is 1. The monoisotopic (exact) mass is 315 g/mol. The van der Waals surface area contributed by atoms with Gasteiger partial charge in [0.15, 0.2) is 0 Å². The number of likely N-dealkylation sites (N-methyl/N-ethyl adjacent to an activating group) is 1. The van der Waals surface area contributed by atoms with Crippen LogP contribution in [-0.4, -0.2) is 53.7 Å². The van der Waals surface area contributed by atoms with Crippen molar-refractivity contribution in [2.45, 2.75) is 18.4 Å². The van der Waals surface area contributed by atoms with Gasteiger partial charge in [-0.25, -0.2) is 13.1 Å². The fourth-order valence-electron chi connectivity index (χ4n) is 1.85. The van der Waals surface area contributed by atoms with Gasteiger partial charge < -0.3 is 15.4 Å². The Morgan fingerprint density at radius 3 is 2.62 bits per heavy atom. The summed E-state index contributed by atoms with van der Waals surface area (Å²) in [6.07, 6.45) is 0. The summed E-state index contributed by atoms with van der Waals surface area (Å²) >= 11 is 0. The van der Waals surface area contributed by atoms with E-state index in [1.54, 1.807) is 19.1 Å². The van der Waals surface area contributed by atoms with E-state index >= 15 is 0 Å². The number of nitrogens with two attached hydrogens (primary N) is 1. The standard InChI is InChI=1S/C14H25N3O3S/c1-12-13(11-15)5-4-6-14(12)21(18,19)16-7-9-20-10-8-17(2)3/h4-6,16H,7-11,15H2,1-3H3. The summed E-state index contributed by atoms with van der Waals surface area (Å²) in [6, 6.07) is 5.12. The second-order valence-corrected chi connectivity index (χ2v) is 6.79. The first kappa shape index (κ1) is 18.1. The Hall–Kier alpha value is -0.990. The highest BCUT2D eigenvalue weighted by Crippen LogP contribution is 2.18. The maximum atomic E-state index is 12.2. The van der Waals surface area contributed by atoms with E-state index in [2.05, 4.69) is 4.72 Å². The molecule has 0 amide bonds. The molecule has 21 heavy (non-hydrogen) atoms. The molecule has 120 valence electrons. The Labute approximate surface area is 127 Å². The van der Waals surface area contributed by atoms with Crippen molar-refractivity contribution in [2.75, 3.05) is 40.4 Å². The van der Waals surface area contributed by atoms with Crippen LogP contribution in [0.3, 0.4) is 0 Å². The molecule has 0 aliphatic rings. The summed E-state index contributed by atoms with van der Waals surface area (Å²) < 4.78 is 32.4. The zero-order valence-electron chi connectivity index (χ0n) is 12.9. The van der Waals surface area contributed by atoms with Crippen molar-refractivity contribution in [1.29, 1.82) is 0 Å². The first-order valence-electron chi connectivity index (χ1n) is 6.89. The van der Waals surface area contributed by atoms with Crippen molar-refractivity contribution < 1.29 is 13.2 Å². The summed E-state index contributed by atoms with van der Waals surface area (Å²) in [5.41, 5.74) is 7.13. The molecule has 1 rings (SSSR count). The van der Waals surface area contributed by atoms with E-state index < -0.39 is 10.0 Å². The van der Waals surface area contributed by atoms with Gasteiger partial charge in [-0.1, -0.05) is 12.1 Å². The second kappa shape index (κ2) is 8.45. The number of hydrogen-bond acceptors (Lipinski definition) is 5. The van der Waals surface area contributed by atoms with E-state index in [9.17, 15) is 8.42 Å². The lowest BCUT2D eigenvalue weighted by Gasteiger charge is -2.13. The predicted molar refractivity (Wildman–Crippen MR) is 83.6 cm³/mol. The van der Waals surface area contributed by atoms with Gasteiger partial charge in [0.05, 0.1) is 18.1 Å². The number of benzene rings is 1. The SMILES string of the molecule is Cc1c(CN)cccc1S(=O)(=O)NCCOCCN(C)C. The summed E-state index contributed by atoms with van der Waals surface area (Å²) in [7, 11) is 0.392. The van der Waals surface area contributed by atoms with Crippen LogP contribution in [-0.2, 0) is 21.3 Å². The average molecular weight is 315 g/mol. The molecule has 1 aromatic carbocycles. The van der Waals surface area contributed by atoms with Gasteiger partial charge in [0.2, 0.25) is 10.0 Å². The maximum Gasteiger partial charge on any atom is 0.240 e. The van der Waals surface area contributed by atoms with Crippen LogP contribution in [0, 0.1) is 6.92 Å². The molecule has 0 bridgehead atoms. The normalized spacial score (nSPS) is 12.0. The van der Waals surface area contributed by atoms with Gasteiger partial charge in [-0.05, 0) is 38.2 Å². The largest absolute Gasteiger partial charge is 0.379 e. The van der Waals surface area contributed by atoms with Crippen LogP contribution in [0.15, 0.2) is 23.1 Å². The second-order valence-electron chi connectivity index (χ2n) is 5.06. The molecule has 0 radical (unpaired) electrons. The third-order valence-electron chi connectivity index (χ3n) is 3.13. The highest BCUT2D eigenvalue weighted by molar-refractivity contribution is 7.89. The minimum atomic E-state index is -3.52. The van der Waals surface area contributed by atoms with Gasteiger partial charge in [0, 0.05) is 19.6 Å². The Balaban J connectivity index is 2.54. The molecule has 0 spiro atoms. The minimum absolute atomic E-state index is 0.252. The van der Waals surface area contributed by atoms with Gasteiger partial charge in [0.1, 0.15) is 0 Å². The lowest BCUT2D eigenvalue weighted by atomic mass is 10.1. The van der Waals surface area contributed by atoms with Crippen LogP contribution in [0.1, 0.15) is 11.1 Å². The van der Waals surface area contributed by atoms with Crippen molar-refractivity contribution in [3.8, 4) is 0 Å². The number of hydrogen-bond donors (Lipinski definition) is 2.